The van der Waals surface area contributed by atoms with E-state index in [2.05, 4.69) is 25.1 Å². The first-order valence-corrected chi connectivity index (χ1v) is 8.67. The summed E-state index contributed by atoms with van der Waals surface area (Å²) in [7, 11) is 2.06. The van der Waals surface area contributed by atoms with Gasteiger partial charge in [-0.15, -0.1) is 0 Å². The minimum atomic E-state index is 0.0511. The van der Waals surface area contributed by atoms with Gasteiger partial charge in [0.1, 0.15) is 5.69 Å². The maximum Gasteiger partial charge on any atom is 0.339 e. The van der Waals surface area contributed by atoms with Gasteiger partial charge in [-0.05, 0) is 41.1 Å². The maximum atomic E-state index is 4.80. The Bertz CT molecular complexity index is 873. The Hall–Kier alpha value is -2.60. The van der Waals surface area contributed by atoms with E-state index in [1.165, 1.54) is 4.91 Å². The molecule has 0 radical (unpaired) electrons. The number of benzene rings is 2. The highest BCUT2D eigenvalue weighted by Gasteiger charge is 2.34. The monoisotopic (exact) mass is 336 g/mol. The summed E-state index contributed by atoms with van der Waals surface area (Å²) in [5.74, 6) is 0.720. The molecule has 1 aliphatic rings. The van der Waals surface area contributed by atoms with Gasteiger partial charge in [0.05, 0.1) is 10.7 Å². The lowest BCUT2D eigenvalue weighted by molar-refractivity contribution is -0.834. The fourth-order valence-corrected chi connectivity index (χ4v) is 3.74. The van der Waals surface area contributed by atoms with Crippen molar-refractivity contribution in [3.8, 4) is 17.1 Å². The number of para-hydroxylation sites is 1. The van der Waals surface area contributed by atoms with Gasteiger partial charge in [0, 0.05) is 22.9 Å². The number of nitrogens with zero attached hydrogens (tertiary/aromatic N) is 5. The molecule has 24 heavy (non-hydrogen) atoms. The Morgan fingerprint density at radius 1 is 1.00 bits per heavy atom. The van der Waals surface area contributed by atoms with Gasteiger partial charge in [-0.1, -0.05) is 48.2 Å². The Morgan fingerprint density at radius 2 is 1.67 bits per heavy atom. The number of allylic oxidation sites excluding steroid dienone is 1. The summed E-state index contributed by atoms with van der Waals surface area (Å²) < 4.78 is 0. The molecule has 1 unspecified atom stereocenters. The number of tetrazole rings is 1. The number of hydrogen-bond acceptors (Lipinski definition) is 4. The lowest BCUT2D eigenvalue weighted by Crippen LogP contribution is -2.52. The topological polar surface area (TPSA) is 37.8 Å². The molecule has 0 amide bonds. The van der Waals surface area contributed by atoms with Crippen molar-refractivity contribution in [2.75, 3.05) is 7.05 Å². The molecule has 0 spiro atoms. The predicted octanol–water partition coefficient (Wildman–Crippen LogP) is 3.22. The maximum absolute atomic E-state index is 4.80. The van der Waals surface area contributed by atoms with Gasteiger partial charge in [0.25, 0.3) is 5.50 Å². The smallest absolute Gasteiger partial charge is 0.330 e. The zero-order valence-electron chi connectivity index (χ0n) is 13.6. The van der Waals surface area contributed by atoms with Gasteiger partial charge in [0.2, 0.25) is 0 Å². The van der Waals surface area contributed by atoms with E-state index in [9.17, 15) is 0 Å². The van der Waals surface area contributed by atoms with E-state index >= 15 is 0 Å². The first-order valence-electron chi connectivity index (χ1n) is 7.79. The Balaban J connectivity index is 1.84. The molecule has 6 heteroatoms. The third kappa shape index (κ3) is 2.69. The number of rotatable bonds is 3. The first kappa shape index (κ1) is 15.0. The second-order valence-corrected chi connectivity index (χ2v) is 6.99. The summed E-state index contributed by atoms with van der Waals surface area (Å²) >= 11 is 1.77. The van der Waals surface area contributed by atoms with E-state index in [4.69, 9.17) is 10.2 Å². The average molecular weight is 336 g/mol. The molecule has 2 heterocycles. The number of aromatic nitrogens is 4. The van der Waals surface area contributed by atoms with Gasteiger partial charge in [-0.3, -0.25) is 0 Å². The molecular weight excluding hydrogens is 318 g/mol. The summed E-state index contributed by atoms with van der Waals surface area (Å²) in [6.45, 7) is 2.11. The van der Waals surface area contributed by atoms with E-state index in [1.54, 1.807) is 11.8 Å². The summed E-state index contributed by atoms with van der Waals surface area (Å²) in [6.07, 6.45) is 2.13. The molecule has 0 aliphatic carbocycles. The largest absolute Gasteiger partial charge is 0.339 e. The Labute approximate surface area is 145 Å². The zero-order valence-corrected chi connectivity index (χ0v) is 14.4. The van der Waals surface area contributed by atoms with Crippen molar-refractivity contribution >= 4 is 11.8 Å². The molecule has 1 atom stereocenters. The zero-order chi connectivity index (χ0) is 16.5. The van der Waals surface area contributed by atoms with Crippen LogP contribution >= 0.6 is 11.8 Å². The van der Waals surface area contributed by atoms with E-state index in [0.717, 1.165) is 17.1 Å². The third-order valence-corrected chi connectivity index (χ3v) is 5.03. The van der Waals surface area contributed by atoms with Crippen LogP contribution in [0.4, 0.5) is 0 Å². The average Bonchev–Trinajstić information content (AvgIpc) is 3.19. The third-order valence-electron chi connectivity index (χ3n) is 3.82. The Kier molecular flexibility index (Phi) is 3.82. The number of thioether (sulfide) groups is 1. The van der Waals surface area contributed by atoms with Crippen molar-refractivity contribution < 1.29 is 4.80 Å². The highest BCUT2D eigenvalue weighted by atomic mass is 32.2. The van der Waals surface area contributed by atoms with Crippen LogP contribution in [-0.2, 0) is 0 Å². The van der Waals surface area contributed by atoms with Gasteiger partial charge >= 0.3 is 5.82 Å². The summed E-state index contributed by atoms with van der Waals surface area (Å²) in [5, 5.41) is 9.56. The van der Waals surface area contributed by atoms with Gasteiger partial charge in [-0.2, -0.15) is 0 Å². The van der Waals surface area contributed by atoms with Gasteiger partial charge < -0.3 is 4.90 Å². The standard InChI is InChI=1S/C18H18N5S/c1-14-13-21(2)18(24-14)23-20-17(15-9-5-3-6-10-15)19-22(23)16-11-7-4-8-12-16/h3-13,18H,1-2H3/q+1. The molecule has 3 aromatic rings. The Morgan fingerprint density at radius 3 is 2.29 bits per heavy atom. The second-order valence-electron chi connectivity index (χ2n) is 5.68. The van der Waals surface area contributed by atoms with Gasteiger partial charge in [-0.25, -0.2) is 0 Å². The number of hydrogen-bond donors (Lipinski definition) is 0. The fraction of sp³-hybridized carbons (Fsp3) is 0.167. The van der Waals surface area contributed by atoms with Crippen LogP contribution in [0.3, 0.4) is 0 Å². The van der Waals surface area contributed by atoms with Crippen molar-refractivity contribution in [1.29, 1.82) is 0 Å². The van der Waals surface area contributed by atoms with E-state index < -0.39 is 0 Å². The second kappa shape index (κ2) is 6.13. The molecule has 1 aromatic heterocycles. The van der Waals surface area contributed by atoms with Crippen LogP contribution in [-0.4, -0.2) is 26.9 Å². The quantitative estimate of drug-likeness (QED) is 0.688. The van der Waals surface area contributed by atoms with Crippen LogP contribution in [0.15, 0.2) is 71.8 Å². The van der Waals surface area contributed by atoms with Crippen molar-refractivity contribution in [2.24, 2.45) is 0 Å². The van der Waals surface area contributed by atoms with Crippen LogP contribution in [0, 0.1) is 0 Å². The molecule has 0 N–H and O–H groups in total. The summed E-state index contributed by atoms with van der Waals surface area (Å²) in [5.41, 5.74) is 2.05. The molecule has 0 saturated heterocycles. The molecule has 0 saturated carbocycles. The van der Waals surface area contributed by atoms with Crippen LogP contribution < -0.4 is 4.80 Å². The van der Waals surface area contributed by atoms with Crippen LogP contribution in [0.2, 0.25) is 0 Å². The highest BCUT2D eigenvalue weighted by Crippen LogP contribution is 2.35. The first-order chi connectivity index (χ1) is 11.7. The normalized spacial score (nSPS) is 17.2. The van der Waals surface area contributed by atoms with Crippen molar-refractivity contribution in [3.05, 3.63) is 71.8 Å². The van der Waals surface area contributed by atoms with Crippen molar-refractivity contribution in [3.63, 3.8) is 0 Å². The van der Waals surface area contributed by atoms with E-state index in [-0.39, 0.29) is 5.50 Å². The minimum absolute atomic E-state index is 0.0511. The molecule has 5 nitrogen and oxygen atoms in total. The molecular formula is C18H18N5S+. The predicted molar refractivity (Wildman–Crippen MR) is 95.1 cm³/mol. The lowest BCUT2D eigenvalue weighted by Gasteiger charge is -2.15. The van der Waals surface area contributed by atoms with E-state index in [1.807, 2.05) is 70.3 Å². The molecule has 0 bridgehead atoms. The lowest BCUT2D eigenvalue weighted by atomic mass is 10.2. The summed E-state index contributed by atoms with van der Waals surface area (Å²) in [4.78, 5) is 7.24. The molecule has 2 aromatic carbocycles. The summed E-state index contributed by atoms with van der Waals surface area (Å²) in [6, 6.07) is 20.2. The minimum Gasteiger partial charge on any atom is -0.330 e. The molecule has 4 rings (SSSR count). The fourth-order valence-electron chi connectivity index (χ4n) is 2.72. The molecule has 120 valence electrons. The highest BCUT2D eigenvalue weighted by molar-refractivity contribution is 8.03. The van der Waals surface area contributed by atoms with Crippen molar-refractivity contribution in [2.45, 2.75) is 12.4 Å². The molecule has 1 aliphatic heterocycles. The van der Waals surface area contributed by atoms with Gasteiger partial charge in [0.15, 0.2) is 0 Å². The van der Waals surface area contributed by atoms with Crippen LogP contribution in [0.25, 0.3) is 17.1 Å². The SMILES string of the molecule is CC1=CN(C)C([n+]2nc(-c3ccccc3)nn2-c2ccccc2)S1. The van der Waals surface area contributed by atoms with Crippen LogP contribution in [0.1, 0.15) is 12.4 Å². The van der Waals surface area contributed by atoms with E-state index in [0.29, 0.717) is 0 Å². The molecule has 0 fully saturated rings. The van der Waals surface area contributed by atoms with Crippen LogP contribution in [0.5, 0.6) is 0 Å². The van der Waals surface area contributed by atoms with Crippen molar-refractivity contribution in [1.82, 2.24) is 19.9 Å².